The number of halogens is 1. The van der Waals surface area contributed by atoms with Crippen molar-refractivity contribution in [2.24, 2.45) is 11.3 Å². The predicted octanol–water partition coefficient (Wildman–Crippen LogP) is 4.22. The standard InChI is InChI=1S/C22H26N2O2.ClH/c1-16-7-8-17(20(13-16)26-18-5-3-2-4-6-18)15-24-21(25)19-14-22(19)9-11-23-12-10-22;/h2-8,13,19,23H,9-12,14-15H2,1H3,(H,24,25);1H. The second-order valence-electron chi connectivity index (χ2n) is 7.61. The van der Waals surface area contributed by atoms with E-state index in [4.69, 9.17) is 4.74 Å². The van der Waals surface area contributed by atoms with Crippen molar-refractivity contribution in [3.8, 4) is 11.5 Å². The van der Waals surface area contributed by atoms with Gasteiger partial charge in [-0.25, -0.2) is 0 Å². The lowest BCUT2D eigenvalue weighted by Crippen LogP contribution is -2.33. The normalized spacial score (nSPS) is 19.8. The number of benzene rings is 2. The summed E-state index contributed by atoms with van der Waals surface area (Å²) < 4.78 is 6.05. The van der Waals surface area contributed by atoms with Gasteiger partial charge >= 0.3 is 0 Å². The molecule has 27 heavy (non-hydrogen) atoms. The SMILES string of the molecule is Cc1ccc(CNC(=O)C2CC23CCNCC3)c(Oc2ccccc2)c1.Cl. The number of piperidine rings is 1. The van der Waals surface area contributed by atoms with Gasteiger partial charge in [0.1, 0.15) is 11.5 Å². The van der Waals surface area contributed by atoms with Crippen molar-refractivity contribution < 1.29 is 9.53 Å². The molecule has 1 unspecified atom stereocenters. The first-order valence-electron chi connectivity index (χ1n) is 9.47. The molecule has 1 aliphatic carbocycles. The second-order valence-corrected chi connectivity index (χ2v) is 7.61. The molecule has 2 fully saturated rings. The summed E-state index contributed by atoms with van der Waals surface area (Å²) in [6, 6.07) is 15.9. The average molecular weight is 387 g/mol. The highest BCUT2D eigenvalue weighted by Crippen LogP contribution is 2.58. The van der Waals surface area contributed by atoms with Crippen LogP contribution in [0.4, 0.5) is 0 Å². The van der Waals surface area contributed by atoms with Crippen molar-refractivity contribution in [2.45, 2.75) is 32.7 Å². The van der Waals surface area contributed by atoms with Crippen LogP contribution in [0.1, 0.15) is 30.4 Å². The third-order valence-corrected chi connectivity index (χ3v) is 5.75. The van der Waals surface area contributed by atoms with Gasteiger partial charge in [0.25, 0.3) is 0 Å². The second kappa shape index (κ2) is 8.32. The lowest BCUT2D eigenvalue weighted by molar-refractivity contribution is -0.123. The highest BCUT2D eigenvalue weighted by atomic mass is 35.5. The third-order valence-electron chi connectivity index (χ3n) is 5.75. The van der Waals surface area contributed by atoms with Crippen LogP contribution in [0.3, 0.4) is 0 Å². The summed E-state index contributed by atoms with van der Waals surface area (Å²) in [7, 11) is 0. The maximum absolute atomic E-state index is 12.6. The molecular weight excluding hydrogens is 360 g/mol. The number of hydrogen-bond acceptors (Lipinski definition) is 3. The fraction of sp³-hybridized carbons (Fsp3) is 0.409. The van der Waals surface area contributed by atoms with E-state index in [0.29, 0.717) is 6.54 Å². The Hall–Kier alpha value is -2.04. The average Bonchev–Trinajstić information content (AvgIpc) is 3.35. The Morgan fingerprint density at radius 2 is 1.93 bits per heavy atom. The van der Waals surface area contributed by atoms with E-state index in [1.54, 1.807) is 0 Å². The minimum Gasteiger partial charge on any atom is -0.457 e. The Morgan fingerprint density at radius 1 is 1.19 bits per heavy atom. The van der Waals surface area contributed by atoms with Gasteiger partial charge in [0.05, 0.1) is 0 Å². The predicted molar refractivity (Wildman–Crippen MR) is 109 cm³/mol. The molecule has 2 N–H and O–H groups in total. The zero-order valence-electron chi connectivity index (χ0n) is 15.7. The molecule has 2 aliphatic rings. The van der Waals surface area contributed by atoms with Crippen LogP contribution in [0.5, 0.6) is 11.5 Å². The first-order chi connectivity index (χ1) is 12.7. The molecule has 0 radical (unpaired) electrons. The molecule has 1 spiro atoms. The van der Waals surface area contributed by atoms with E-state index in [0.717, 1.165) is 55.0 Å². The van der Waals surface area contributed by atoms with E-state index >= 15 is 0 Å². The summed E-state index contributed by atoms with van der Waals surface area (Å²) in [5.74, 6) is 2.00. The minimum absolute atomic E-state index is 0. The first-order valence-corrected chi connectivity index (χ1v) is 9.47. The maximum Gasteiger partial charge on any atom is 0.223 e. The van der Waals surface area contributed by atoms with Gasteiger partial charge in [0, 0.05) is 18.0 Å². The number of aryl methyl sites for hydroxylation is 1. The fourth-order valence-electron chi connectivity index (χ4n) is 4.02. The molecule has 1 aliphatic heterocycles. The number of amides is 1. The molecule has 4 rings (SSSR count). The van der Waals surface area contributed by atoms with Gasteiger partial charge in [-0.15, -0.1) is 12.4 Å². The monoisotopic (exact) mass is 386 g/mol. The third kappa shape index (κ3) is 4.45. The van der Waals surface area contributed by atoms with Crippen LogP contribution in [0.15, 0.2) is 48.5 Å². The summed E-state index contributed by atoms with van der Waals surface area (Å²) in [4.78, 5) is 12.6. The summed E-state index contributed by atoms with van der Waals surface area (Å²) in [6.07, 6.45) is 3.29. The van der Waals surface area contributed by atoms with E-state index in [2.05, 4.69) is 16.7 Å². The van der Waals surface area contributed by atoms with Gasteiger partial charge in [-0.05, 0) is 68.5 Å². The molecule has 0 bridgehead atoms. The van der Waals surface area contributed by atoms with E-state index in [-0.39, 0.29) is 29.6 Å². The van der Waals surface area contributed by atoms with Crippen LogP contribution < -0.4 is 15.4 Å². The smallest absolute Gasteiger partial charge is 0.223 e. The number of hydrogen-bond donors (Lipinski definition) is 2. The summed E-state index contributed by atoms with van der Waals surface area (Å²) in [5, 5.41) is 6.52. The van der Waals surface area contributed by atoms with Crippen LogP contribution in [0.25, 0.3) is 0 Å². The van der Waals surface area contributed by atoms with Crippen LogP contribution in [-0.2, 0) is 11.3 Å². The highest BCUT2D eigenvalue weighted by molar-refractivity contribution is 5.85. The van der Waals surface area contributed by atoms with Crippen molar-refractivity contribution in [3.05, 3.63) is 59.7 Å². The Kier molecular flexibility index (Phi) is 6.08. The first kappa shape index (κ1) is 19.7. The van der Waals surface area contributed by atoms with Crippen LogP contribution >= 0.6 is 12.4 Å². The lowest BCUT2D eigenvalue weighted by Gasteiger charge is -2.23. The lowest BCUT2D eigenvalue weighted by atomic mass is 9.92. The van der Waals surface area contributed by atoms with Gasteiger partial charge in [-0.2, -0.15) is 0 Å². The molecule has 1 amide bonds. The number of carbonyl (C=O) groups excluding carboxylic acids is 1. The van der Waals surface area contributed by atoms with Crippen molar-refractivity contribution in [2.75, 3.05) is 13.1 Å². The number of carbonyl (C=O) groups is 1. The molecule has 2 aromatic carbocycles. The van der Waals surface area contributed by atoms with E-state index in [1.807, 2.05) is 49.4 Å². The Morgan fingerprint density at radius 3 is 2.67 bits per heavy atom. The summed E-state index contributed by atoms with van der Waals surface area (Å²) in [5.41, 5.74) is 2.42. The fourth-order valence-corrected chi connectivity index (χ4v) is 4.02. The molecule has 1 heterocycles. The number of ether oxygens (including phenoxy) is 1. The topological polar surface area (TPSA) is 50.4 Å². The molecule has 2 aromatic rings. The molecule has 4 nitrogen and oxygen atoms in total. The quantitative estimate of drug-likeness (QED) is 0.809. The largest absolute Gasteiger partial charge is 0.457 e. The van der Waals surface area contributed by atoms with Gasteiger partial charge in [-0.3, -0.25) is 4.79 Å². The van der Waals surface area contributed by atoms with Crippen LogP contribution in [0.2, 0.25) is 0 Å². The van der Waals surface area contributed by atoms with E-state index in [1.165, 1.54) is 0 Å². The molecule has 1 saturated heterocycles. The highest BCUT2D eigenvalue weighted by Gasteiger charge is 2.57. The van der Waals surface area contributed by atoms with Gasteiger partial charge < -0.3 is 15.4 Å². The summed E-state index contributed by atoms with van der Waals surface area (Å²) in [6.45, 7) is 4.63. The van der Waals surface area contributed by atoms with Gasteiger partial charge in [0.2, 0.25) is 5.91 Å². The Balaban J connectivity index is 0.00000210. The van der Waals surface area contributed by atoms with Gasteiger partial charge in [-0.1, -0.05) is 30.3 Å². The number of nitrogens with one attached hydrogen (secondary N) is 2. The van der Waals surface area contributed by atoms with Crippen LogP contribution in [-0.4, -0.2) is 19.0 Å². The molecule has 5 heteroatoms. The van der Waals surface area contributed by atoms with Crippen molar-refractivity contribution in [1.29, 1.82) is 0 Å². The Bertz CT molecular complexity index is 788. The summed E-state index contributed by atoms with van der Waals surface area (Å²) >= 11 is 0. The minimum atomic E-state index is 0. The zero-order valence-corrected chi connectivity index (χ0v) is 16.5. The van der Waals surface area contributed by atoms with Crippen molar-refractivity contribution in [3.63, 3.8) is 0 Å². The van der Waals surface area contributed by atoms with Crippen molar-refractivity contribution >= 4 is 18.3 Å². The molecule has 144 valence electrons. The maximum atomic E-state index is 12.6. The molecule has 1 atom stereocenters. The van der Waals surface area contributed by atoms with Crippen LogP contribution in [0, 0.1) is 18.3 Å². The van der Waals surface area contributed by atoms with Crippen molar-refractivity contribution in [1.82, 2.24) is 10.6 Å². The number of rotatable bonds is 5. The molecule has 0 aromatic heterocycles. The zero-order chi connectivity index (χ0) is 18.0. The number of para-hydroxylation sites is 1. The van der Waals surface area contributed by atoms with E-state index < -0.39 is 0 Å². The van der Waals surface area contributed by atoms with E-state index in [9.17, 15) is 4.79 Å². The Labute approximate surface area is 167 Å². The molecular formula is C22H27ClN2O2. The molecule has 1 saturated carbocycles. The van der Waals surface area contributed by atoms with Gasteiger partial charge in [0.15, 0.2) is 0 Å².